The number of nitrogens with one attached hydrogen (secondary N) is 2. The Labute approximate surface area is 130 Å². The second kappa shape index (κ2) is 5.87. The Morgan fingerprint density at radius 1 is 1.38 bits per heavy atom. The third-order valence-corrected chi connectivity index (χ3v) is 4.66. The number of benzene rings is 1. The number of thioether (sulfide) groups is 1. The van der Waals surface area contributed by atoms with E-state index < -0.39 is 0 Å². The molecule has 0 bridgehead atoms. The number of imidazole rings is 1. The Bertz CT molecular complexity index is 741. The van der Waals surface area contributed by atoms with E-state index in [-0.39, 0.29) is 5.91 Å². The van der Waals surface area contributed by atoms with Gasteiger partial charge in [-0.1, -0.05) is 11.8 Å². The van der Waals surface area contributed by atoms with Gasteiger partial charge in [-0.3, -0.25) is 4.79 Å². The summed E-state index contributed by atoms with van der Waals surface area (Å²) in [6.07, 6.45) is 1.66. The zero-order valence-electron chi connectivity index (χ0n) is 11.6. The molecule has 1 aromatic carbocycles. The maximum atomic E-state index is 11.8. The van der Waals surface area contributed by atoms with Crippen molar-refractivity contribution >= 4 is 45.2 Å². The number of aromatic nitrogens is 3. The van der Waals surface area contributed by atoms with E-state index >= 15 is 0 Å². The lowest BCUT2D eigenvalue weighted by Gasteiger charge is -1.99. The van der Waals surface area contributed by atoms with Crippen LogP contribution < -0.4 is 5.32 Å². The summed E-state index contributed by atoms with van der Waals surface area (Å²) in [7, 11) is 0. The van der Waals surface area contributed by atoms with Gasteiger partial charge in [0.15, 0.2) is 10.3 Å². The molecule has 0 saturated carbocycles. The minimum absolute atomic E-state index is 0.0808. The number of hydrogen-bond donors (Lipinski definition) is 2. The van der Waals surface area contributed by atoms with Gasteiger partial charge < -0.3 is 10.3 Å². The lowest BCUT2D eigenvalue weighted by atomic mass is 10.1. The molecule has 0 radical (unpaired) electrons. The summed E-state index contributed by atoms with van der Waals surface area (Å²) < 4.78 is 0. The van der Waals surface area contributed by atoms with E-state index in [1.807, 2.05) is 5.38 Å². The van der Waals surface area contributed by atoms with Gasteiger partial charge in [-0.15, -0.1) is 11.3 Å². The normalized spacial score (nSPS) is 11.0. The maximum Gasteiger partial charge on any atom is 0.236 e. The quantitative estimate of drug-likeness (QED) is 0.724. The number of rotatable bonds is 4. The van der Waals surface area contributed by atoms with Crippen molar-refractivity contribution in [3.8, 4) is 0 Å². The summed E-state index contributed by atoms with van der Waals surface area (Å²) in [5.74, 6) is 0.222. The largest absolute Gasteiger partial charge is 0.333 e. The van der Waals surface area contributed by atoms with E-state index in [1.165, 1.54) is 34.2 Å². The molecular formula is C14H14N4OS2. The zero-order chi connectivity index (χ0) is 14.8. The third kappa shape index (κ3) is 3.25. The predicted molar refractivity (Wildman–Crippen MR) is 87.0 cm³/mol. The minimum atomic E-state index is -0.0808. The molecule has 0 aliphatic carbocycles. The van der Waals surface area contributed by atoms with E-state index in [0.29, 0.717) is 10.9 Å². The number of amides is 1. The van der Waals surface area contributed by atoms with Crippen LogP contribution in [0.25, 0.3) is 11.0 Å². The zero-order valence-corrected chi connectivity index (χ0v) is 13.3. The van der Waals surface area contributed by atoms with Crippen molar-refractivity contribution in [3.05, 3.63) is 34.8 Å². The minimum Gasteiger partial charge on any atom is -0.333 e. The van der Waals surface area contributed by atoms with Crippen LogP contribution in [0.1, 0.15) is 11.1 Å². The van der Waals surface area contributed by atoms with E-state index in [4.69, 9.17) is 0 Å². The summed E-state index contributed by atoms with van der Waals surface area (Å²) >= 11 is 2.79. The molecule has 2 aromatic heterocycles. The first-order chi connectivity index (χ1) is 10.1. The number of aromatic amines is 1. The Balaban J connectivity index is 1.66. The smallest absolute Gasteiger partial charge is 0.236 e. The third-order valence-electron chi connectivity index (χ3n) is 3.09. The highest BCUT2D eigenvalue weighted by Crippen LogP contribution is 2.22. The molecule has 3 rings (SSSR count). The first-order valence-electron chi connectivity index (χ1n) is 6.41. The van der Waals surface area contributed by atoms with Gasteiger partial charge in [0, 0.05) is 11.6 Å². The number of anilines is 1. The van der Waals surface area contributed by atoms with Crippen LogP contribution >= 0.6 is 23.1 Å². The van der Waals surface area contributed by atoms with Crippen LogP contribution in [0.2, 0.25) is 0 Å². The molecule has 3 aromatic rings. The molecule has 108 valence electrons. The van der Waals surface area contributed by atoms with Crippen molar-refractivity contribution in [2.75, 3.05) is 11.1 Å². The van der Waals surface area contributed by atoms with Crippen molar-refractivity contribution in [2.24, 2.45) is 0 Å². The molecule has 5 nitrogen and oxygen atoms in total. The van der Waals surface area contributed by atoms with Crippen LogP contribution in [0.3, 0.4) is 0 Å². The number of nitrogens with zero attached hydrogens (tertiary/aromatic N) is 2. The maximum absolute atomic E-state index is 11.8. The van der Waals surface area contributed by atoms with Crippen molar-refractivity contribution < 1.29 is 4.79 Å². The number of fused-ring (bicyclic) bond motifs is 1. The van der Waals surface area contributed by atoms with Crippen molar-refractivity contribution in [2.45, 2.75) is 19.0 Å². The number of thiazole rings is 1. The molecule has 1 amide bonds. The topological polar surface area (TPSA) is 70.7 Å². The average Bonchev–Trinajstić information content (AvgIpc) is 3.06. The van der Waals surface area contributed by atoms with Gasteiger partial charge >= 0.3 is 0 Å². The number of hydrogen-bond acceptors (Lipinski definition) is 5. The van der Waals surface area contributed by atoms with Crippen molar-refractivity contribution in [3.63, 3.8) is 0 Å². The van der Waals surface area contributed by atoms with E-state index in [0.717, 1.165) is 16.2 Å². The standard InChI is InChI=1S/C14H14N4OS2/c1-8-5-10-11(6-9(8)2)17-14(16-10)21-7-12(19)18-13-15-3-4-20-13/h3-6H,7H2,1-2H3,(H,16,17)(H,15,18,19). The van der Waals surface area contributed by atoms with Gasteiger partial charge in [-0.25, -0.2) is 9.97 Å². The van der Waals surface area contributed by atoms with Crippen molar-refractivity contribution in [1.29, 1.82) is 0 Å². The number of aryl methyl sites for hydroxylation is 2. The Kier molecular flexibility index (Phi) is 3.94. The summed E-state index contributed by atoms with van der Waals surface area (Å²) in [6.45, 7) is 4.14. The molecule has 0 unspecified atom stereocenters. The molecule has 0 atom stereocenters. The predicted octanol–water partition coefficient (Wildman–Crippen LogP) is 3.37. The fourth-order valence-electron chi connectivity index (χ4n) is 1.89. The van der Waals surface area contributed by atoms with Crippen LogP contribution in [0.4, 0.5) is 5.13 Å². The molecule has 21 heavy (non-hydrogen) atoms. The number of H-pyrrole nitrogens is 1. The second-order valence-electron chi connectivity index (χ2n) is 4.67. The number of carbonyl (C=O) groups excluding carboxylic acids is 1. The summed E-state index contributed by atoms with van der Waals surface area (Å²) in [6, 6.07) is 4.14. The molecule has 2 N–H and O–H groups in total. The molecule has 0 saturated heterocycles. The molecule has 0 spiro atoms. The van der Waals surface area contributed by atoms with Gasteiger partial charge in [-0.2, -0.15) is 0 Å². The van der Waals surface area contributed by atoms with E-state index in [2.05, 4.69) is 46.2 Å². The highest BCUT2D eigenvalue weighted by atomic mass is 32.2. The fourth-order valence-corrected chi connectivity index (χ4v) is 3.12. The van der Waals surface area contributed by atoms with Gasteiger partial charge in [-0.05, 0) is 37.1 Å². The average molecular weight is 318 g/mol. The van der Waals surface area contributed by atoms with Gasteiger partial charge in [0.25, 0.3) is 0 Å². The lowest BCUT2D eigenvalue weighted by molar-refractivity contribution is -0.113. The van der Waals surface area contributed by atoms with E-state index in [1.54, 1.807) is 6.20 Å². The molecule has 2 heterocycles. The Hall–Kier alpha value is -1.86. The fraction of sp³-hybridized carbons (Fsp3) is 0.214. The molecule has 0 aliphatic rings. The summed E-state index contributed by atoms with van der Waals surface area (Å²) in [4.78, 5) is 23.6. The Morgan fingerprint density at radius 2 is 2.19 bits per heavy atom. The molecule has 0 aliphatic heterocycles. The van der Waals surface area contributed by atoms with Crippen LogP contribution in [0.15, 0.2) is 28.9 Å². The lowest BCUT2D eigenvalue weighted by Crippen LogP contribution is -2.13. The first-order valence-corrected chi connectivity index (χ1v) is 8.27. The van der Waals surface area contributed by atoms with Gasteiger partial charge in [0.2, 0.25) is 5.91 Å². The van der Waals surface area contributed by atoms with Crippen LogP contribution in [0, 0.1) is 13.8 Å². The van der Waals surface area contributed by atoms with Crippen LogP contribution in [-0.4, -0.2) is 26.6 Å². The summed E-state index contributed by atoms with van der Waals surface area (Å²) in [5.41, 5.74) is 4.37. The van der Waals surface area contributed by atoms with Crippen LogP contribution in [-0.2, 0) is 4.79 Å². The highest BCUT2D eigenvalue weighted by molar-refractivity contribution is 7.99. The van der Waals surface area contributed by atoms with Crippen LogP contribution in [0.5, 0.6) is 0 Å². The molecule has 0 fully saturated rings. The van der Waals surface area contributed by atoms with Gasteiger partial charge in [0.1, 0.15) is 0 Å². The van der Waals surface area contributed by atoms with E-state index in [9.17, 15) is 4.79 Å². The number of carbonyl (C=O) groups is 1. The SMILES string of the molecule is Cc1cc2nc(SCC(=O)Nc3nccs3)[nH]c2cc1C. The van der Waals surface area contributed by atoms with Gasteiger partial charge in [0.05, 0.1) is 16.8 Å². The molecular weight excluding hydrogens is 304 g/mol. The first kappa shape index (κ1) is 14.1. The second-order valence-corrected chi connectivity index (χ2v) is 6.53. The monoisotopic (exact) mass is 318 g/mol. The molecule has 7 heteroatoms. The summed E-state index contributed by atoms with van der Waals surface area (Å²) in [5, 5.41) is 5.95. The highest BCUT2D eigenvalue weighted by Gasteiger charge is 2.09. The van der Waals surface area contributed by atoms with Crippen molar-refractivity contribution in [1.82, 2.24) is 15.0 Å². The Morgan fingerprint density at radius 3 is 2.95 bits per heavy atom.